The van der Waals surface area contributed by atoms with E-state index in [4.69, 9.17) is 10.2 Å². The van der Waals surface area contributed by atoms with Crippen molar-refractivity contribution in [2.45, 2.75) is 38.3 Å². The maximum absolute atomic E-state index is 11.6. The quantitative estimate of drug-likeness (QED) is 0.780. The van der Waals surface area contributed by atoms with Crippen LogP contribution in [0.25, 0.3) is 0 Å². The number of hydrogen-bond acceptors (Lipinski definition) is 3. The van der Waals surface area contributed by atoms with Crippen molar-refractivity contribution in [3.05, 3.63) is 23.7 Å². The van der Waals surface area contributed by atoms with Crippen LogP contribution in [0.4, 0.5) is 0 Å². The molecule has 0 unspecified atom stereocenters. The second-order valence-corrected chi connectivity index (χ2v) is 4.02. The lowest BCUT2D eigenvalue weighted by atomic mass is 9.87. The third-order valence-corrected chi connectivity index (χ3v) is 2.74. The van der Waals surface area contributed by atoms with Crippen molar-refractivity contribution < 1.29 is 9.21 Å². The van der Waals surface area contributed by atoms with Crippen LogP contribution in [0.2, 0.25) is 0 Å². The minimum atomic E-state index is -0.133. The number of aryl methyl sites for hydroxylation is 1. The Bertz CT molecular complexity index is 353. The Morgan fingerprint density at radius 2 is 2.33 bits per heavy atom. The molecule has 3 N–H and O–H groups in total. The topological polar surface area (TPSA) is 68.3 Å². The van der Waals surface area contributed by atoms with Crippen LogP contribution < -0.4 is 11.1 Å². The van der Waals surface area contributed by atoms with Gasteiger partial charge in [0.2, 0.25) is 0 Å². The van der Waals surface area contributed by atoms with E-state index in [2.05, 4.69) is 5.32 Å². The van der Waals surface area contributed by atoms with E-state index in [-0.39, 0.29) is 18.0 Å². The van der Waals surface area contributed by atoms with E-state index in [9.17, 15) is 4.79 Å². The fraction of sp³-hybridized carbons (Fsp3) is 0.545. The zero-order valence-electron chi connectivity index (χ0n) is 8.82. The molecule has 0 saturated heterocycles. The lowest BCUT2D eigenvalue weighted by Gasteiger charge is -2.32. The summed E-state index contributed by atoms with van der Waals surface area (Å²) in [4.78, 5) is 11.6. The van der Waals surface area contributed by atoms with Crippen LogP contribution in [0.5, 0.6) is 0 Å². The fourth-order valence-corrected chi connectivity index (χ4v) is 1.73. The van der Waals surface area contributed by atoms with Crippen molar-refractivity contribution in [1.29, 1.82) is 0 Å². The smallest absolute Gasteiger partial charge is 0.287 e. The van der Waals surface area contributed by atoms with Gasteiger partial charge in [-0.1, -0.05) is 6.92 Å². The highest BCUT2D eigenvalue weighted by atomic mass is 16.3. The highest BCUT2D eigenvalue weighted by molar-refractivity contribution is 5.91. The van der Waals surface area contributed by atoms with Gasteiger partial charge in [0.1, 0.15) is 5.76 Å². The van der Waals surface area contributed by atoms with Crippen LogP contribution in [0.15, 0.2) is 16.5 Å². The Morgan fingerprint density at radius 3 is 2.87 bits per heavy atom. The Morgan fingerprint density at radius 1 is 1.60 bits per heavy atom. The Labute approximate surface area is 88.8 Å². The Kier molecular flexibility index (Phi) is 2.77. The van der Waals surface area contributed by atoms with Gasteiger partial charge in [0, 0.05) is 18.5 Å². The number of hydrogen-bond donors (Lipinski definition) is 2. The third-order valence-electron chi connectivity index (χ3n) is 2.74. The minimum Gasteiger partial charge on any atom is -0.456 e. The fourth-order valence-electron chi connectivity index (χ4n) is 1.73. The molecule has 1 aromatic heterocycles. The van der Waals surface area contributed by atoms with E-state index in [1.807, 2.05) is 13.0 Å². The summed E-state index contributed by atoms with van der Waals surface area (Å²) in [6, 6.07) is 4.02. The van der Waals surface area contributed by atoms with Crippen molar-refractivity contribution in [2.24, 2.45) is 5.73 Å². The van der Waals surface area contributed by atoms with Crippen molar-refractivity contribution >= 4 is 5.91 Å². The highest BCUT2D eigenvalue weighted by Gasteiger charge is 2.28. The van der Waals surface area contributed by atoms with Crippen LogP contribution in [-0.2, 0) is 6.42 Å². The average molecular weight is 208 g/mol. The lowest BCUT2D eigenvalue weighted by Crippen LogP contribution is -2.50. The summed E-state index contributed by atoms with van der Waals surface area (Å²) >= 11 is 0. The number of carbonyl (C=O) groups excluding carboxylic acids is 1. The minimum absolute atomic E-state index is 0.133. The van der Waals surface area contributed by atoms with Gasteiger partial charge in [0.25, 0.3) is 5.91 Å². The average Bonchev–Trinajstić information content (AvgIpc) is 2.63. The third kappa shape index (κ3) is 2.21. The largest absolute Gasteiger partial charge is 0.456 e. The molecule has 15 heavy (non-hydrogen) atoms. The van der Waals surface area contributed by atoms with Gasteiger partial charge in [-0.05, 0) is 25.0 Å². The van der Waals surface area contributed by atoms with E-state index >= 15 is 0 Å². The van der Waals surface area contributed by atoms with Crippen molar-refractivity contribution in [1.82, 2.24) is 5.32 Å². The molecule has 0 aliphatic heterocycles. The highest BCUT2D eigenvalue weighted by Crippen LogP contribution is 2.18. The molecule has 82 valence electrons. The van der Waals surface area contributed by atoms with Gasteiger partial charge in [0.15, 0.2) is 5.76 Å². The summed E-state index contributed by atoms with van der Waals surface area (Å²) in [5, 5.41) is 2.89. The summed E-state index contributed by atoms with van der Waals surface area (Å²) in [7, 11) is 0. The van der Waals surface area contributed by atoms with Gasteiger partial charge in [0.05, 0.1) is 0 Å². The molecular weight excluding hydrogens is 192 g/mol. The first-order chi connectivity index (χ1) is 7.19. The molecule has 0 aromatic carbocycles. The Hall–Kier alpha value is -1.29. The first kappa shape index (κ1) is 10.2. The summed E-state index contributed by atoms with van der Waals surface area (Å²) in [6.45, 7) is 1.99. The van der Waals surface area contributed by atoms with E-state index in [1.165, 1.54) is 0 Å². The zero-order valence-corrected chi connectivity index (χ0v) is 8.82. The van der Waals surface area contributed by atoms with E-state index in [0.717, 1.165) is 25.0 Å². The second-order valence-electron chi connectivity index (χ2n) is 4.02. The molecule has 1 saturated carbocycles. The van der Waals surface area contributed by atoms with E-state index in [0.29, 0.717) is 5.76 Å². The second kappa shape index (κ2) is 4.06. The molecule has 1 amide bonds. The first-order valence-corrected chi connectivity index (χ1v) is 5.34. The molecule has 0 spiro atoms. The van der Waals surface area contributed by atoms with Gasteiger partial charge in [-0.25, -0.2) is 0 Å². The molecule has 1 aromatic rings. The molecule has 4 heteroatoms. The molecule has 0 bridgehead atoms. The molecule has 2 rings (SSSR count). The number of carbonyl (C=O) groups is 1. The van der Waals surface area contributed by atoms with Gasteiger partial charge in [-0.15, -0.1) is 0 Å². The predicted molar refractivity (Wildman–Crippen MR) is 56.5 cm³/mol. The van der Waals surface area contributed by atoms with Crippen molar-refractivity contribution in [3.8, 4) is 0 Å². The first-order valence-electron chi connectivity index (χ1n) is 5.34. The molecule has 1 fully saturated rings. The maximum Gasteiger partial charge on any atom is 0.287 e. The maximum atomic E-state index is 11.6. The van der Waals surface area contributed by atoms with Gasteiger partial charge < -0.3 is 15.5 Å². The number of furan rings is 1. The molecule has 0 radical (unpaired) electrons. The Balaban J connectivity index is 1.90. The van der Waals surface area contributed by atoms with Crippen LogP contribution in [0.3, 0.4) is 0 Å². The summed E-state index contributed by atoms with van der Waals surface area (Å²) in [6.07, 6.45) is 2.54. The van der Waals surface area contributed by atoms with Crippen LogP contribution in [-0.4, -0.2) is 18.0 Å². The number of nitrogens with one attached hydrogen (secondary N) is 1. The molecule has 1 heterocycles. The monoisotopic (exact) mass is 208 g/mol. The number of amides is 1. The summed E-state index contributed by atoms with van der Waals surface area (Å²) in [5.41, 5.74) is 5.63. The van der Waals surface area contributed by atoms with Gasteiger partial charge in [-0.2, -0.15) is 0 Å². The standard InChI is InChI=1S/C11H16N2O2/c1-2-9-3-4-10(15-9)11(14)13-8-5-7(12)6-8/h3-4,7-8H,2,5-6,12H2,1H3,(H,13,14). The van der Waals surface area contributed by atoms with Crippen molar-refractivity contribution in [2.75, 3.05) is 0 Å². The number of rotatable bonds is 3. The molecule has 1 aliphatic rings. The van der Waals surface area contributed by atoms with Crippen LogP contribution in [0.1, 0.15) is 36.1 Å². The van der Waals surface area contributed by atoms with Crippen LogP contribution >= 0.6 is 0 Å². The van der Waals surface area contributed by atoms with Crippen molar-refractivity contribution in [3.63, 3.8) is 0 Å². The SMILES string of the molecule is CCc1ccc(C(=O)NC2CC(N)C2)o1. The zero-order chi connectivity index (χ0) is 10.8. The van der Waals surface area contributed by atoms with E-state index in [1.54, 1.807) is 6.07 Å². The van der Waals surface area contributed by atoms with Gasteiger partial charge >= 0.3 is 0 Å². The number of nitrogens with two attached hydrogens (primary N) is 1. The molecular formula is C11H16N2O2. The molecule has 1 aliphatic carbocycles. The molecule has 4 nitrogen and oxygen atoms in total. The lowest BCUT2D eigenvalue weighted by molar-refractivity contribution is 0.0880. The van der Waals surface area contributed by atoms with E-state index < -0.39 is 0 Å². The van der Waals surface area contributed by atoms with Crippen LogP contribution in [0, 0.1) is 0 Å². The summed E-state index contributed by atoms with van der Waals surface area (Å²) in [5.74, 6) is 1.10. The van der Waals surface area contributed by atoms with Gasteiger partial charge in [-0.3, -0.25) is 4.79 Å². The summed E-state index contributed by atoms with van der Waals surface area (Å²) < 4.78 is 5.35. The molecule has 0 atom stereocenters. The predicted octanol–water partition coefficient (Wildman–Crippen LogP) is 1.06. The normalized spacial score (nSPS) is 24.7.